The number of halogens is 4. The van der Waals surface area contributed by atoms with E-state index in [0.717, 1.165) is 29.3 Å². The SMILES string of the molecule is CC(C)(c1ccccc1)N(C(=O)OCc1ccccc1)c1ccc(C(=O)c2ccc(OC(F)F)c(OC(F)F)c2)cn1. The second-order valence-corrected chi connectivity index (χ2v) is 9.45. The van der Waals surface area contributed by atoms with Gasteiger partial charge in [-0.3, -0.25) is 9.69 Å². The van der Waals surface area contributed by atoms with Crippen molar-refractivity contribution in [3.8, 4) is 11.5 Å². The summed E-state index contributed by atoms with van der Waals surface area (Å²) in [6, 6.07) is 24.2. The van der Waals surface area contributed by atoms with E-state index in [1.54, 1.807) is 0 Å². The van der Waals surface area contributed by atoms with Gasteiger partial charge in [0.25, 0.3) is 0 Å². The minimum atomic E-state index is -3.34. The Hall–Kier alpha value is -4.93. The fourth-order valence-electron chi connectivity index (χ4n) is 4.22. The van der Waals surface area contributed by atoms with E-state index >= 15 is 0 Å². The van der Waals surface area contributed by atoms with Crippen molar-refractivity contribution in [3.05, 3.63) is 119 Å². The second kappa shape index (κ2) is 13.2. The monoisotopic (exact) mass is 582 g/mol. The average molecular weight is 583 g/mol. The van der Waals surface area contributed by atoms with Gasteiger partial charge >= 0.3 is 19.3 Å². The van der Waals surface area contributed by atoms with Gasteiger partial charge in [0.05, 0.1) is 5.54 Å². The first-order valence-corrected chi connectivity index (χ1v) is 12.7. The molecule has 4 rings (SSSR count). The van der Waals surface area contributed by atoms with Gasteiger partial charge < -0.3 is 14.2 Å². The van der Waals surface area contributed by atoms with E-state index in [1.165, 1.54) is 23.2 Å². The fourth-order valence-corrected chi connectivity index (χ4v) is 4.22. The lowest BCUT2D eigenvalue weighted by Crippen LogP contribution is -2.46. The first-order chi connectivity index (χ1) is 20.1. The molecule has 0 atom stereocenters. The lowest BCUT2D eigenvalue weighted by molar-refractivity contribution is -0.0692. The number of anilines is 1. The maximum absolute atomic E-state index is 13.5. The summed E-state index contributed by atoms with van der Waals surface area (Å²) < 4.78 is 65.1. The number of pyridine rings is 1. The Balaban J connectivity index is 1.63. The first kappa shape index (κ1) is 30.0. The van der Waals surface area contributed by atoms with Crippen molar-refractivity contribution in [2.24, 2.45) is 0 Å². The Morgan fingerprint density at radius 2 is 1.38 bits per heavy atom. The van der Waals surface area contributed by atoms with Gasteiger partial charge in [-0.2, -0.15) is 17.6 Å². The summed E-state index contributed by atoms with van der Waals surface area (Å²) in [5.41, 5.74) is 0.555. The number of amides is 1. The zero-order valence-electron chi connectivity index (χ0n) is 22.5. The molecule has 4 aromatic rings. The predicted molar refractivity (Wildman–Crippen MR) is 146 cm³/mol. The maximum Gasteiger partial charge on any atom is 0.416 e. The normalized spacial score (nSPS) is 11.3. The largest absolute Gasteiger partial charge is 0.444 e. The molecule has 0 aliphatic rings. The van der Waals surface area contributed by atoms with Crippen LogP contribution < -0.4 is 14.4 Å². The van der Waals surface area contributed by atoms with Crippen LogP contribution >= 0.6 is 0 Å². The van der Waals surface area contributed by atoms with Gasteiger partial charge in [-0.1, -0.05) is 60.7 Å². The lowest BCUT2D eigenvalue weighted by atomic mass is 9.92. The summed E-state index contributed by atoms with van der Waals surface area (Å²) in [7, 11) is 0. The van der Waals surface area contributed by atoms with Crippen LogP contribution in [-0.4, -0.2) is 30.1 Å². The van der Waals surface area contributed by atoms with Gasteiger partial charge in [0.2, 0.25) is 0 Å². The van der Waals surface area contributed by atoms with E-state index in [-0.39, 0.29) is 23.6 Å². The van der Waals surface area contributed by atoms with Crippen LogP contribution in [-0.2, 0) is 16.9 Å². The quantitative estimate of drug-likeness (QED) is 0.134. The van der Waals surface area contributed by atoms with Gasteiger partial charge in [0.1, 0.15) is 12.4 Å². The molecule has 42 heavy (non-hydrogen) atoms. The Kier molecular flexibility index (Phi) is 9.41. The third kappa shape index (κ3) is 7.22. The third-order valence-electron chi connectivity index (χ3n) is 6.30. The van der Waals surface area contributed by atoms with Crippen LogP contribution in [0.15, 0.2) is 97.2 Å². The molecule has 0 aliphatic heterocycles. The Morgan fingerprint density at radius 1 is 0.786 bits per heavy atom. The standard InChI is InChI=1S/C31H26F4N2O5/c1-31(2,23-11-7-4-8-12-23)37(30(39)40-19-20-9-5-3-6-10-20)26-16-14-22(18-36-26)27(38)21-13-15-24(41-28(32)33)25(17-21)42-29(34)35/h3-18,28-29H,19H2,1-2H3. The number of ether oxygens (including phenoxy) is 3. The van der Waals surface area contributed by atoms with Crippen molar-refractivity contribution in [2.45, 2.75) is 39.2 Å². The topological polar surface area (TPSA) is 78.0 Å². The number of nitrogens with zero attached hydrogens (tertiary/aromatic N) is 2. The highest BCUT2D eigenvalue weighted by Gasteiger charge is 2.36. The number of carbonyl (C=O) groups excluding carboxylic acids is 2. The molecule has 0 saturated heterocycles. The van der Waals surface area contributed by atoms with Crippen molar-refractivity contribution in [2.75, 3.05) is 4.90 Å². The van der Waals surface area contributed by atoms with Crippen molar-refractivity contribution in [1.29, 1.82) is 0 Å². The third-order valence-corrected chi connectivity index (χ3v) is 6.30. The minimum Gasteiger partial charge on any atom is -0.444 e. The molecule has 0 N–H and O–H groups in total. The van der Waals surface area contributed by atoms with E-state index in [4.69, 9.17) is 4.74 Å². The van der Waals surface area contributed by atoms with Crippen LogP contribution in [0.5, 0.6) is 11.5 Å². The summed E-state index contributed by atoms with van der Waals surface area (Å²) in [4.78, 5) is 32.3. The minimum absolute atomic E-state index is 0.0197. The summed E-state index contributed by atoms with van der Waals surface area (Å²) in [6.45, 7) is -2.96. The molecule has 11 heteroatoms. The number of alkyl halides is 4. The highest BCUT2D eigenvalue weighted by Crippen LogP contribution is 2.34. The van der Waals surface area contributed by atoms with Crippen LogP contribution in [0.3, 0.4) is 0 Å². The molecule has 1 heterocycles. The van der Waals surface area contributed by atoms with Gasteiger partial charge in [-0.15, -0.1) is 0 Å². The van der Waals surface area contributed by atoms with E-state index in [1.807, 2.05) is 74.5 Å². The smallest absolute Gasteiger partial charge is 0.416 e. The molecule has 7 nitrogen and oxygen atoms in total. The molecule has 1 aromatic heterocycles. The number of benzene rings is 3. The Labute approximate surface area is 239 Å². The summed E-state index contributed by atoms with van der Waals surface area (Å²) in [5.74, 6) is -1.85. The Bertz CT molecular complexity index is 1500. The van der Waals surface area contributed by atoms with Crippen LogP contribution in [0.2, 0.25) is 0 Å². The van der Waals surface area contributed by atoms with Crippen LogP contribution in [0.4, 0.5) is 28.2 Å². The van der Waals surface area contributed by atoms with Crippen molar-refractivity contribution >= 4 is 17.7 Å². The number of rotatable bonds is 11. The Morgan fingerprint density at radius 3 is 1.98 bits per heavy atom. The predicted octanol–water partition coefficient (Wildman–Crippen LogP) is 7.59. The zero-order valence-corrected chi connectivity index (χ0v) is 22.5. The average Bonchev–Trinajstić information content (AvgIpc) is 2.97. The molecule has 0 radical (unpaired) electrons. The van der Waals surface area contributed by atoms with E-state index < -0.39 is 42.1 Å². The molecule has 0 bridgehead atoms. The molecule has 0 unspecified atom stereocenters. The summed E-state index contributed by atoms with van der Waals surface area (Å²) in [5, 5.41) is 0. The van der Waals surface area contributed by atoms with Crippen LogP contribution in [0.1, 0.15) is 40.9 Å². The van der Waals surface area contributed by atoms with Crippen molar-refractivity contribution in [3.63, 3.8) is 0 Å². The summed E-state index contributed by atoms with van der Waals surface area (Å²) >= 11 is 0. The van der Waals surface area contributed by atoms with Crippen LogP contribution in [0, 0.1) is 0 Å². The number of hydrogen-bond acceptors (Lipinski definition) is 6. The fraction of sp³-hybridized carbons (Fsp3) is 0.194. The molecule has 0 fully saturated rings. The highest BCUT2D eigenvalue weighted by atomic mass is 19.3. The molecular formula is C31H26F4N2O5. The van der Waals surface area contributed by atoms with E-state index in [2.05, 4.69) is 14.5 Å². The lowest BCUT2D eigenvalue weighted by Gasteiger charge is -2.37. The molecule has 0 spiro atoms. The van der Waals surface area contributed by atoms with Gasteiger partial charge in [-0.25, -0.2) is 9.78 Å². The number of aromatic nitrogens is 1. The number of hydrogen-bond donors (Lipinski definition) is 0. The first-order valence-electron chi connectivity index (χ1n) is 12.7. The second-order valence-electron chi connectivity index (χ2n) is 9.45. The number of ketones is 1. The molecule has 3 aromatic carbocycles. The van der Waals surface area contributed by atoms with Gasteiger partial charge in [-0.05, 0) is 55.3 Å². The van der Waals surface area contributed by atoms with Crippen LogP contribution in [0.25, 0.3) is 0 Å². The highest BCUT2D eigenvalue weighted by molar-refractivity contribution is 6.09. The zero-order chi connectivity index (χ0) is 30.3. The molecule has 0 saturated carbocycles. The van der Waals surface area contributed by atoms with Crippen molar-refractivity contribution < 1.29 is 41.4 Å². The number of carbonyl (C=O) groups is 2. The molecule has 218 valence electrons. The van der Waals surface area contributed by atoms with Gasteiger partial charge in [0, 0.05) is 17.3 Å². The molecular weight excluding hydrogens is 556 g/mol. The molecule has 1 amide bonds. The van der Waals surface area contributed by atoms with Gasteiger partial charge in [0.15, 0.2) is 17.3 Å². The maximum atomic E-state index is 13.5. The van der Waals surface area contributed by atoms with Crippen molar-refractivity contribution in [1.82, 2.24) is 4.98 Å². The van der Waals surface area contributed by atoms with E-state index in [9.17, 15) is 27.2 Å². The molecule has 0 aliphatic carbocycles. The summed E-state index contributed by atoms with van der Waals surface area (Å²) in [6.07, 6.45) is 0.538. The van der Waals surface area contributed by atoms with E-state index in [0.29, 0.717) is 0 Å².